The number of nitro groups is 1. The molecule has 0 radical (unpaired) electrons. The molecule has 1 aromatic carbocycles. The van der Waals surface area contributed by atoms with Crippen LogP contribution in [0.4, 0.5) is 11.5 Å². The van der Waals surface area contributed by atoms with Gasteiger partial charge in [0.1, 0.15) is 6.20 Å². The van der Waals surface area contributed by atoms with Gasteiger partial charge in [-0.25, -0.2) is 0 Å². The van der Waals surface area contributed by atoms with E-state index in [2.05, 4.69) is 26.2 Å². The molecule has 7 nitrogen and oxygen atoms in total. The van der Waals surface area contributed by atoms with Crippen LogP contribution >= 0.6 is 15.9 Å². The van der Waals surface area contributed by atoms with Crippen molar-refractivity contribution in [3.63, 3.8) is 0 Å². The SMILES string of the molecule is C[C@@H](Oc1cccnc1[N+](=O)[O-])C(=O)Nc1cccc(Br)c1. The third-order valence-electron chi connectivity index (χ3n) is 2.69. The largest absolute Gasteiger partial charge is 0.473 e. The van der Waals surface area contributed by atoms with Crippen molar-refractivity contribution in [2.24, 2.45) is 0 Å². The van der Waals surface area contributed by atoms with Gasteiger partial charge >= 0.3 is 5.82 Å². The quantitative estimate of drug-likeness (QED) is 0.648. The maximum absolute atomic E-state index is 12.1. The zero-order valence-corrected chi connectivity index (χ0v) is 13.1. The van der Waals surface area contributed by atoms with E-state index in [-0.39, 0.29) is 5.75 Å². The van der Waals surface area contributed by atoms with Crippen LogP contribution < -0.4 is 10.1 Å². The predicted molar refractivity (Wildman–Crippen MR) is 83.8 cm³/mol. The van der Waals surface area contributed by atoms with Crippen LogP contribution in [0.25, 0.3) is 0 Å². The molecular weight excluding hydrogens is 354 g/mol. The van der Waals surface area contributed by atoms with Crippen molar-refractivity contribution in [1.82, 2.24) is 4.98 Å². The molecule has 114 valence electrons. The Bertz CT molecular complexity index is 708. The Morgan fingerprint density at radius 1 is 1.41 bits per heavy atom. The van der Waals surface area contributed by atoms with Gasteiger partial charge in [-0.1, -0.05) is 22.0 Å². The minimum Gasteiger partial charge on any atom is -0.473 e. The molecule has 0 aliphatic carbocycles. The number of aromatic nitrogens is 1. The van der Waals surface area contributed by atoms with Gasteiger partial charge < -0.3 is 20.2 Å². The van der Waals surface area contributed by atoms with Gasteiger partial charge in [-0.2, -0.15) is 0 Å². The number of rotatable bonds is 5. The first-order valence-electron chi connectivity index (χ1n) is 6.30. The number of halogens is 1. The summed E-state index contributed by atoms with van der Waals surface area (Å²) < 4.78 is 6.16. The van der Waals surface area contributed by atoms with E-state index in [1.165, 1.54) is 25.3 Å². The van der Waals surface area contributed by atoms with Crippen LogP contribution in [0.5, 0.6) is 5.75 Å². The molecule has 0 fully saturated rings. The number of nitrogens with zero attached hydrogens (tertiary/aromatic N) is 2. The van der Waals surface area contributed by atoms with Gasteiger partial charge in [0.05, 0.1) is 0 Å². The molecular formula is C14H12BrN3O4. The first-order chi connectivity index (χ1) is 10.5. The fourth-order valence-corrected chi connectivity index (χ4v) is 2.06. The first kappa shape index (κ1) is 15.9. The molecule has 0 saturated carbocycles. The van der Waals surface area contributed by atoms with Gasteiger partial charge in [-0.15, -0.1) is 0 Å². The molecule has 2 rings (SSSR count). The number of ether oxygens (including phenoxy) is 1. The van der Waals surface area contributed by atoms with E-state index < -0.39 is 22.8 Å². The smallest absolute Gasteiger partial charge is 0.406 e. The Morgan fingerprint density at radius 3 is 2.86 bits per heavy atom. The van der Waals surface area contributed by atoms with Gasteiger partial charge in [-0.05, 0) is 47.2 Å². The van der Waals surface area contributed by atoms with Crippen LogP contribution in [0.2, 0.25) is 0 Å². The molecule has 1 amide bonds. The standard InChI is InChI=1S/C14H12BrN3O4/c1-9(14(19)17-11-5-2-4-10(15)8-11)22-12-6-3-7-16-13(12)18(20)21/h2-9H,1H3,(H,17,19)/t9-/m1/s1. The van der Waals surface area contributed by atoms with Crippen LogP contribution in [-0.4, -0.2) is 21.9 Å². The highest BCUT2D eigenvalue weighted by atomic mass is 79.9. The number of hydrogen-bond donors (Lipinski definition) is 1. The highest BCUT2D eigenvalue weighted by Gasteiger charge is 2.21. The normalized spacial score (nSPS) is 11.5. The van der Waals surface area contributed by atoms with E-state index in [1.807, 2.05) is 6.07 Å². The van der Waals surface area contributed by atoms with Gasteiger partial charge in [0.25, 0.3) is 5.91 Å². The lowest BCUT2D eigenvalue weighted by Gasteiger charge is -2.14. The summed E-state index contributed by atoms with van der Waals surface area (Å²) in [5.41, 5.74) is 0.593. The summed E-state index contributed by atoms with van der Waals surface area (Å²) in [4.78, 5) is 25.9. The summed E-state index contributed by atoms with van der Waals surface area (Å²) in [5.74, 6) is -0.898. The van der Waals surface area contributed by atoms with Gasteiger partial charge in [-0.3, -0.25) is 4.79 Å². The molecule has 22 heavy (non-hydrogen) atoms. The minimum atomic E-state index is -0.915. The van der Waals surface area contributed by atoms with Crippen LogP contribution in [0.15, 0.2) is 47.1 Å². The van der Waals surface area contributed by atoms with E-state index in [0.29, 0.717) is 5.69 Å². The lowest BCUT2D eigenvalue weighted by atomic mass is 10.3. The highest BCUT2D eigenvalue weighted by Crippen LogP contribution is 2.24. The third-order valence-corrected chi connectivity index (χ3v) is 3.18. The van der Waals surface area contributed by atoms with Crippen molar-refractivity contribution in [2.45, 2.75) is 13.0 Å². The Hall–Kier alpha value is -2.48. The van der Waals surface area contributed by atoms with E-state index in [0.717, 1.165) is 4.47 Å². The Morgan fingerprint density at radius 2 is 2.18 bits per heavy atom. The molecule has 2 aromatic rings. The monoisotopic (exact) mass is 365 g/mol. The Balaban J connectivity index is 2.07. The van der Waals surface area contributed by atoms with E-state index in [9.17, 15) is 14.9 Å². The number of anilines is 1. The van der Waals surface area contributed by atoms with E-state index in [1.54, 1.807) is 18.2 Å². The summed E-state index contributed by atoms with van der Waals surface area (Å²) >= 11 is 3.30. The molecule has 1 N–H and O–H groups in total. The third kappa shape index (κ3) is 4.01. The van der Waals surface area contributed by atoms with E-state index >= 15 is 0 Å². The molecule has 8 heteroatoms. The summed E-state index contributed by atoms with van der Waals surface area (Å²) in [5, 5.41) is 13.5. The zero-order valence-electron chi connectivity index (χ0n) is 11.5. The molecule has 0 spiro atoms. The molecule has 1 heterocycles. The minimum absolute atomic E-state index is 0.0515. The number of carbonyl (C=O) groups excluding carboxylic acids is 1. The van der Waals surface area contributed by atoms with Gasteiger partial charge in [0, 0.05) is 10.2 Å². The van der Waals surface area contributed by atoms with Crippen molar-refractivity contribution in [2.75, 3.05) is 5.32 Å². The lowest BCUT2D eigenvalue weighted by molar-refractivity contribution is -0.390. The van der Waals surface area contributed by atoms with Crippen molar-refractivity contribution in [3.05, 3.63) is 57.2 Å². The van der Waals surface area contributed by atoms with Crippen molar-refractivity contribution >= 4 is 33.3 Å². The topological polar surface area (TPSA) is 94.4 Å². The summed E-state index contributed by atoms with van der Waals surface area (Å²) in [6, 6.07) is 9.96. The number of benzene rings is 1. The summed E-state index contributed by atoms with van der Waals surface area (Å²) in [6.07, 6.45) is 0.374. The molecule has 1 atom stereocenters. The van der Waals surface area contributed by atoms with E-state index in [4.69, 9.17) is 4.74 Å². The Labute approximate surface area is 134 Å². The van der Waals surface area contributed by atoms with Crippen molar-refractivity contribution in [1.29, 1.82) is 0 Å². The zero-order chi connectivity index (χ0) is 16.1. The average Bonchev–Trinajstić information content (AvgIpc) is 2.47. The van der Waals surface area contributed by atoms with Crippen LogP contribution in [0.1, 0.15) is 6.92 Å². The Kier molecular flexibility index (Phi) is 5.05. The van der Waals surface area contributed by atoms with Crippen LogP contribution in [-0.2, 0) is 4.79 Å². The number of carbonyl (C=O) groups is 1. The number of pyridine rings is 1. The highest BCUT2D eigenvalue weighted by molar-refractivity contribution is 9.10. The second kappa shape index (κ2) is 6.99. The van der Waals surface area contributed by atoms with Crippen molar-refractivity contribution < 1.29 is 14.5 Å². The molecule has 0 saturated heterocycles. The fourth-order valence-electron chi connectivity index (χ4n) is 1.67. The lowest BCUT2D eigenvalue weighted by Crippen LogP contribution is -2.30. The fraction of sp³-hybridized carbons (Fsp3) is 0.143. The summed E-state index contributed by atoms with van der Waals surface area (Å²) in [6.45, 7) is 1.50. The number of nitrogens with one attached hydrogen (secondary N) is 1. The average molecular weight is 366 g/mol. The molecule has 0 unspecified atom stereocenters. The number of amides is 1. The molecule has 0 aliphatic heterocycles. The van der Waals surface area contributed by atoms with Crippen LogP contribution in [0, 0.1) is 10.1 Å². The maximum Gasteiger partial charge on any atom is 0.406 e. The van der Waals surface area contributed by atoms with Gasteiger partial charge in [0.15, 0.2) is 6.10 Å². The van der Waals surface area contributed by atoms with Crippen LogP contribution in [0.3, 0.4) is 0 Å². The second-order valence-corrected chi connectivity index (χ2v) is 5.26. The first-order valence-corrected chi connectivity index (χ1v) is 7.09. The second-order valence-electron chi connectivity index (χ2n) is 4.34. The number of hydrogen-bond acceptors (Lipinski definition) is 5. The van der Waals surface area contributed by atoms with Gasteiger partial charge in [0.2, 0.25) is 5.75 Å². The summed E-state index contributed by atoms with van der Waals surface area (Å²) in [7, 11) is 0. The molecule has 0 bridgehead atoms. The van der Waals surface area contributed by atoms with Crippen molar-refractivity contribution in [3.8, 4) is 5.75 Å². The maximum atomic E-state index is 12.1. The predicted octanol–water partition coefficient (Wildman–Crippen LogP) is 3.16. The molecule has 1 aromatic heterocycles. The molecule has 0 aliphatic rings.